The monoisotopic (exact) mass is 557 g/mol. The van der Waals surface area contributed by atoms with Crippen molar-refractivity contribution in [3.05, 3.63) is 89.5 Å². The summed E-state index contributed by atoms with van der Waals surface area (Å²) in [4.78, 5) is 26.6. The number of likely N-dealkylation sites (tertiary alicyclic amines) is 1. The van der Waals surface area contributed by atoms with Crippen molar-refractivity contribution in [2.45, 2.75) is 45.5 Å². The Kier molecular flexibility index (Phi) is 9.69. The molecular formula is C32H35N3O6. The van der Waals surface area contributed by atoms with Gasteiger partial charge in [0.25, 0.3) is 5.91 Å². The molecule has 1 saturated heterocycles. The average Bonchev–Trinajstić information content (AvgIpc) is 3.43. The molecule has 9 nitrogen and oxygen atoms in total. The van der Waals surface area contributed by atoms with E-state index in [1.54, 1.807) is 47.4 Å². The van der Waals surface area contributed by atoms with E-state index in [4.69, 9.17) is 18.9 Å². The van der Waals surface area contributed by atoms with Crippen molar-refractivity contribution in [2.75, 3.05) is 26.2 Å². The van der Waals surface area contributed by atoms with Gasteiger partial charge in [-0.2, -0.15) is 5.26 Å². The Hall–Kier alpha value is -4.71. The van der Waals surface area contributed by atoms with Crippen LogP contribution in [0.15, 0.2) is 72.8 Å². The van der Waals surface area contributed by atoms with Crippen molar-refractivity contribution in [1.29, 1.82) is 5.26 Å². The van der Waals surface area contributed by atoms with E-state index in [0.29, 0.717) is 54.5 Å². The second kappa shape index (κ2) is 13.6. The number of hydrogen-bond acceptors (Lipinski definition) is 7. The van der Waals surface area contributed by atoms with Gasteiger partial charge in [0.2, 0.25) is 0 Å². The second-order valence-corrected chi connectivity index (χ2v) is 10.6. The fourth-order valence-corrected chi connectivity index (χ4v) is 4.17. The third kappa shape index (κ3) is 8.90. The fraction of sp³-hybridized carbons (Fsp3) is 0.344. The molecule has 0 unspecified atom stereocenters. The molecule has 0 spiro atoms. The van der Waals surface area contributed by atoms with E-state index in [1.165, 1.54) is 0 Å². The summed E-state index contributed by atoms with van der Waals surface area (Å²) in [7, 11) is 0. The number of rotatable bonds is 10. The van der Waals surface area contributed by atoms with Crippen LogP contribution < -0.4 is 19.5 Å². The van der Waals surface area contributed by atoms with Crippen LogP contribution in [0.3, 0.4) is 0 Å². The lowest BCUT2D eigenvalue weighted by Gasteiger charge is -2.24. The van der Waals surface area contributed by atoms with Crippen molar-refractivity contribution < 1.29 is 28.5 Å². The van der Waals surface area contributed by atoms with E-state index in [2.05, 4.69) is 11.4 Å². The van der Waals surface area contributed by atoms with Crippen LogP contribution in [0.4, 0.5) is 4.79 Å². The maximum absolute atomic E-state index is 12.6. The van der Waals surface area contributed by atoms with E-state index in [0.717, 1.165) is 5.56 Å². The molecule has 0 aliphatic carbocycles. The van der Waals surface area contributed by atoms with Gasteiger partial charge in [0.15, 0.2) is 11.5 Å². The SMILES string of the molecule is CC(C)(C)OC(=O)N1CC[C@H](Oc2ccc(C(=O)NCCOc3cc(C#N)ccc3OCc3ccccc3)cc2)C1. The van der Waals surface area contributed by atoms with Gasteiger partial charge in [-0.15, -0.1) is 0 Å². The number of benzene rings is 3. The van der Waals surface area contributed by atoms with Gasteiger partial charge in [-0.3, -0.25) is 4.79 Å². The zero-order chi connectivity index (χ0) is 29.2. The van der Waals surface area contributed by atoms with Crippen LogP contribution in [0.25, 0.3) is 0 Å². The second-order valence-electron chi connectivity index (χ2n) is 10.6. The predicted molar refractivity (Wildman–Crippen MR) is 153 cm³/mol. The summed E-state index contributed by atoms with van der Waals surface area (Å²) in [5, 5.41) is 12.1. The predicted octanol–water partition coefficient (Wildman–Crippen LogP) is 5.33. The van der Waals surface area contributed by atoms with Crippen molar-refractivity contribution in [3.8, 4) is 23.3 Å². The first-order valence-electron chi connectivity index (χ1n) is 13.6. The molecule has 1 fully saturated rings. The summed E-state index contributed by atoms with van der Waals surface area (Å²) in [6, 6.07) is 23.7. The average molecular weight is 558 g/mol. The van der Waals surface area contributed by atoms with Crippen molar-refractivity contribution >= 4 is 12.0 Å². The largest absolute Gasteiger partial charge is 0.489 e. The van der Waals surface area contributed by atoms with Gasteiger partial charge in [0.1, 0.15) is 30.7 Å². The number of nitrogens with one attached hydrogen (secondary N) is 1. The van der Waals surface area contributed by atoms with Gasteiger partial charge in [0, 0.05) is 24.6 Å². The van der Waals surface area contributed by atoms with E-state index in [1.807, 2.05) is 51.1 Å². The molecular weight excluding hydrogens is 522 g/mol. The summed E-state index contributed by atoms with van der Waals surface area (Å²) in [5.74, 6) is 1.34. The minimum absolute atomic E-state index is 0.138. The third-order valence-corrected chi connectivity index (χ3v) is 6.17. The van der Waals surface area contributed by atoms with Crippen LogP contribution in [-0.4, -0.2) is 54.8 Å². The van der Waals surface area contributed by atoms with E-state index >= 15 is 0 Å². The van der Waals surface area contributed by atoms with Crippen molar-refractivity contribution in [2.24, 2.45) is 0 Å². The topological polar surface area (TPSA) is 110 Å². The zero-order valence-electron chi connectivity index (χ0n) is 23.6. The quantitative estimate of drug-likeness (QED) is 0.335. The lowest BCUT2D eigenvalue weighted by molar-refractivity contribution is 0.0275. The molecule has 0 radical (unpaired) electrons. The molecule has 214 valence electrons. The molecule has 3 aromatic carbocycles. The molecule has 3 aromatic rings. The number of ether oxygens (including phenoxy) is 4. The van der Waals surface area contributed by atoms with E-state index < -0.39 is 5.60 Å². The molecule has 1 aliphatic heterocycles. The van der Waals surface area contributed by atoms with Crippen molar-refractivity contribution in [1.82, 2.24) is 10.2 Å². The number of carbonyl (C=O) groups excluding carboxylic acids is 2. The highest BCUT2D eigenvalue weighted by Gasteiger charge is 2.30. The number of hydrogen-bond donors (Lipinski definition) is 1. The van der Waals surface area contributed by atoms with Gasteiger partial charge >= 0.3 is 6.09 Å². The Labute approximate surface area is 240 Å². The number of amides is 2. The molecule has 41 heavy (non-hydrogen) atoms. The number of nitrogens with zero attached hydrogens (tertiary/aromatic N) is 2. The molecule has 0 aromatic heterocycles. The summed E-state index contributed by atoms with van der Waals surface area (Å²) in [6.07, 6.45) is 0.228. The van der Waals surface area contributed by atoms with Gasteiger partial charge in [-0.25, -0.2) is 4.79 Å². The van der Waals surface area contributed by atoms with Crippen LogP contribution in [0.5, 0.6) is 17.2 Å². The highest BCUT2D eigenvalue weighted by molar-refractivity contribution is 5.94. The minimum Gasteiger partial charge on any atom is -0.489 e. The van der Waals surface area contributed by atoms with E-state index in [-0.39, 0.29) is 31.3 Å². The lowest BCUT2D eigenvalue weighted by Crippen LogP contribution is -2.36. The first kappa shape index (κ1) is 29.3. The summed E-state index contributed by atoms with van der Waals surface area (Å²) < 4.78 is 23.2. The first-order valence-corrected chi connectivity index (χ1v) is 13.6. The Morgan fingerprint density at radius 2 is 1.76 bits per heavy atom. The molecule has 4 rings (SSSR count). The Bertz CT molecular complexity index is 1360. The third-order valence-electron chi connectivity index (χ3n) is 6.17. The van der Waals surface area contributed by atoms with Crippen molar-refractivity contribution in [3.63, 3.8) is 0 Å². The smallest absolute Gasteiger partial charge is 0.410 e. The van der Waals surface area contributed by atoms with Crippen LogP contribution in [0, 0.1) is 11.3 Å². The van der Waals surface area contributed by atoms with E-state index in [9.17, 15) is 14.9 Å². The van der Waals surface area contributed by atoms with Crippen LogP contribution >= 0.6 is 0 Å². The van der Waals surface area contributed by atoms with Gasteiger partial charge in [-0.05, 0) is 62.7 Å². The maximum atomic E-state index is 12.6. The Morgan fingerprint density at radius 3 is 2.46 bits per heavy atom. The number of nitriles is 1. The fourth-order valence-electron chi connectivity index (χ4n) is 4.17. The number of carbonyl (C=O) groups is 2. The van der Waals surface area contributed by atoms with Crippen LogP contribution in [-0.2, 0) is 11.3 Å². The molecule has 9 heteroatoms. The lowest BCUT2D eigenvalue weighted by atomic mass is 10.2. The zero-order valence-corrected chi connectivity index (χ0v) is 23.6. The summed E-state index contributed by atoms with van der Waals surface area (Å²) in [6.45, 7) is 7.36. The molecule has 2 amide bonds. The Morgan fingerprint density at radius 1 is 1.00 bits per heavy atom. The molecule has 1 heterocycles. The molecule has 1 atom stereocenters. The van der Waals surface area contributed by atoms with Gasteiger partial charge < -0.3 is 29.2 Å². The molecule has 1 aliphatic rings. The molecule has 0 bridgehead atoms. The maximum Gasteiger partial charge on any atom is 0.410 e. The Balaban J connectivity index is 1.22. The summed E-state index contributed by atoms with van der Waals surface area (Å²) in [5.41, 5.74) is 1.41. The standard InChI is InChI=1S/C32H35N3O6/c1-32(2,3)41-31(37)35-17-15-27(21-35)40-26-12-10-25(11-13-26)30(36)34-16-18-38-29-19-24(20-33)9-14-28(29)39-22-23-7-5-4-6-8-23/h4-14,19,27H,15-18,21-22H2,1-3H3,(H,34,36)/t27-/m0/s1. The van der Waals surface area contributed by atoms with Crippen LogP contribution in [0.1, 0.15) is 48.7 Å². The first-order chi connectivity index (χ1) is 19.7. The molecule has 0 saturated carbocycles. The van der Waals surface area contributed by atoms with Gasteiger partial charge in [0.05, 0.1) is 24.7 Å². The normalized spacial score (nSPS) is 14.6. The highest BCUT2D eigenvalue weighted by Crippen LogP contribution is 2.29. The molecule has 1 N–H and O–H groups in total. The minimum atomic E-state index is -0.541. The summed E-state index contributed by atoms with van der Waals surface area (Å²) >= 11 is 0. The highest BCUT2D eigenvalue weighted by atomic mass is 16.6. The van der Waals surface area contributed by atoms with Crippen LogP contribution in [0.2, 0.25) is 0 Å². The van der Waals surface area contributed by atoms with Gasteiger partial charge in [-0.1, -0.05) is 30.3 Å².